The summed E-state index contributed by atoms with van der Waals surface area (Å²) in [4.78, 5) is 24.1. The van der Waals surface area contributed by atoms with Crippen molar-refractivity contribution in [1.82, 2.24) is 14.9 Å². The van der Waals surface area contributed by atoms with Gasteiger partial charge < -0.3 is 20.1 Å². The molecule has 1 amide bonds. The first-order chi connectivity index (χ1) is 19.2. The molecule has 0 spiro atoms. The van der Waals surface area contributed by atoms with Gasteiger partial charge in [0.15, 0.2) is 0 Å². The quantitative estimate of drug-likeness (QED) is 0.345. The number of nitrogens with zero attached hydrogens (tertiary/aromatic N) is 3. The third kappa shape index (κ3) is 5.92. The van der Waals surface area contributed by atoms with Crippen LogP contribution in [0, 0.1) is 0 Å². The normalized spacial score (nSPS) is 14.9. The van der Waals surface area contributed by atoms with Gasteiger partial charge in [-0.15, -0.1) is 0 Å². The standard InChI is InChI=1S/C31H31N5O3/c37-31(25-6-4-22(5-7-25)21-36-13-16-38-17-14-36)35-26-3-1-2-23(18-26)19-33-30-27-10-15-39-29(27)28(20-34-30)24-8-11-32-12-9-24/h1-9,11-12,18,20H,10,13-17,19,21H2,(H,33,34)(H,35,37). The van der Waals surface area contributed by atoms with Gasteiger partial charge in [0.05, 0.1) is 19.8 Å². The molecule has 2 aromatic heterocycles. The number of hydrogen-bond donors (Lipinski definition) is 2. The predicted octanol–water partition coefficient (Wildman–Crippen LogP) is 4.78. The monoisotopic (exact) mass is 521 g/mol. The fourth-order valence-electron chi connectivity index (χ4n) is 5.00. The van der Waals surface area contributed by atoms with E-state index in [1.165, 1.54) is 5.56 Å². The van der Waals surface area contributed by atoms with Crippen molar-refractivity contribution in [3.05, 3.63) is 102 Å². The Kier molecular flexibility index (Phi) is 7.47. The average Bonchev–Trinajstić information content (AvgIpc) is 3.48. The van der Waals surface area contributed by atoms with Crippen LogP contribution in [-0.2, 0) is 24.2 Å². The minimum Gasteiger partial charge on any atom is -0.492 e. The highest BCUT2D eigenvalue weighted by Gasteiger charge is 2.22. The molecule has 198 valence electrons. The highest BCUT2D eigenvalue weighted by Crippen LogP contribution is 2.39. The van der Waals surface area contributed by atoms with Crippen LogP contribution in [0.15, 0.2) is 79.3 Å². The molecular weight excluding hydrogens is 490 g/mol. The molecule has 6 rings (SSSR count). The zero-order chi connectivity index (χ0) is 26.4. The van der Waals surface area contributed by atoms with E-state index in [9.17, 15) is 4.79 Å². The predicted molar refractivity (Wildman–Crippen MR) is 151 cm³/mol. The van der Waals surface area contributed by atoms with Gasteiger partial charge in [-0.05, 0) is 53.1 Å². The number of carbonyl (C=O) groups is 1. The van der Waals surface area contributed by atoms with Gasteiger partial charge in [0.2, 0.25) is 0 Å². The van der Waals surface area contributed by atoms with Gasteiger partial charge in [0, 0.05) is 73.6 Å². The number of pyridine rings is 2. The number of ether oxygens (including phenoxy) is 2. The second-order valence-corrected chi connectivity index (χ2v) is 9.76. The fourth-order valence-corrected chi connectivity index (χ4v) is 5.00. The first kappa shape index (κ1) is 25.0. The summed E-state index contributed by atoms with van der Waals surface area (Å²) in [6, 6.07) is 19.6. The van der Waals surface area contributed by atoms with Crippen LogP contribution in [0.2, 0.25) is 0 Å². The Balaban J connectivity index is 1.08. The molecule has 4 heterocycles. The number of fused-ring (bicyclic) bond motifs is 1. The van der Waals surface area contributed by atoms with Crippen LogP contribution in [0.3, 0.4) is 0 Å². The van der Waals surface area contributed by atoms with Gasteiger partial charge in [-0.3, -0.25) is 14.7 Å². The van der Waals surface area contributed by atoms with Gasteiger partial charge in [-0.25, -0.2) is 4.98 Å². The Labute approximate surface area is 228 Å². The van der Waals surface area contributed by atoms with Gasteiger partial charge >= 0.3 is 0 Å². The Bertz CT molecular complexity index is 1440. The van der Waals surface area contributed by atoms with Gasteiger partial charge in [-0.1, -0.05) is 24.3 Å². The SMILES string of the molecule is O=C(Nc1cccc(CNc2ncc(-c3ccncc3)c3c2CCO3)c1)c1ccc(CN2CCOCC2)cc1. The van der Waals surface area contributed by atoms with E-state index < -0.39 is 0 Å². The van der Waals surface area contributed by atoms with Gasteiger partial charge in [0.25, 0.3) is 5.91 Å². The number of aromatic nitrogens is 2. The zero-order valence-electron chi connectivity index (χ0n) is 21.7. The van der Waals surface area contributed by atoms with E-state index in [0.29, 0.717) is 18.7 Å². The van der Waals surface area contributed by atoms with Crippen molar-refractivity contribution < 1.29 is 14.3 Å². The Morgan fingerprint density at radius 1 is 0.949 bits per heavy atom. The molecule has 2 N–H and O–H groups in total. The number of benzene rings is 2. The third-order valence-corrected chi connectivity index (χ3v) is 7.09. The number of anilines is 2. The zero-order valence-corrected chi connectivity index (χ0v) is 21.7. The van der Waals surface area contributed by atoms with Crippen LogP contribution in [0.4, 0.5) is 11.5 Å². The molecule has 8 heteroatoms. The van der Waals surface area contributed by atoms with Crippen LogP contribution in [0.1, 0.15) is 27.0 Å². The molecule has 2 aliphatic rings. The van der Waals surface area contributed by atoms with E-state index in [1.807, 2.05) is 66.9 Å². The van der Waals surface area contributed by atoms with Gasteiger partial charge in [0.1, 0.15) is 11.6 Å². The second-order valence-electron chi connectivity index (χ2n) is 9.76. The number of morpholine rings is 1. The smallest absolute Gasteiger partial charge is 0.255 e. The van der Waals surface area contributed by atoms with Crippen LogP contribution in [0.25, 0.3) is 11.1 Å². The molecule has 0 atom stereocenters. The summed E-state index contributed by atoms with van der Waals surface area (Å²) in [5.74, 6) is 1.59. The van der Waals surface area contributed by atoms with Crippen molar-refractivity contribution in [3.63, 3.8) is 0 Å². The van der Waals surface area contributed by atoms with Crippen molar-refractivity contribution in [2.75, 3.05) is 43.5 Å². The molecule has 4 aromatic rings. The maximum Gasteiger partial charge on any atom is 0.255 e. The van der Waals surface area contributed by atoms with E-state index in [1.54, 1.807) is 12.4 Å². The maximum atomic E-state index is 12.9. The molecular formula is C31H31N5O3. The minimum atomic E-state index is -0.124. The average molecular weight is 522 g/mol. The molecule has 39 heavy (non-hydrogen) atoms. The maximum absolute atomic E-state index is 12.9. The molecule has 8 nitrogen and oxygen atoms in total. The van der Waals surface area contributed by atoms with Gasteiger partial charge in [-0.2, -0.15) is 0 Å². The fraction of sp³-hybridized carbons (Fsp3) is 0.258. The second kappa shape index (κ2) is 11.6. The van der Waals surface area contributed by atoms with Crippen LogP contribution in [0.5, 0.6) is 5.75 Å². The summed E-state index contributed by atoms with van der Waals surface area (Å²) in [6.45, 7) is 5.53. The van der Waals surface area contributed by atoms with Crippen LogP contribution < -0.4 is 15.4 Å². The summed E-state index contributed by atoms with van der Waals surface area (Å²) in [5, 5.41) is 6.49. The largest absolute Gasteiger partial charge is 0.492 e. The highest BCUT2D eigenvalue weighted by molar-refractivity contribution is 6.04. The van der Waals surface area contributed by atoms with Crippen molar-refractivity contribution >= 4 is 17.4 Å². The summed E-state index contributed by atoms with van der Waals surface area (Å²) in [6.07, 6.45) is 6.21. The van der Waals surface area contributed by atoms with Crippen LogP contribution in [-0.4, -0.2) is 53.7 Å². The van der Waals surface area contributed by atoms with E-state index in [0.717, 1.165) is 78.8 Å². The minimum absolute atomic E-state index is 0.124. The summed E-state index contributed by atoms with van der Waals surface area (Å²) < 4.78 is 11.4. The summed E-state index contributed by atoms with van der Waals surface area (Å²) in [5.41, 5.74) is 6.74. The lowest BCUT2D eigenvalue weighted by molar-refractivity contribution is 0.0342. The number of carbonyl (C=O) groups excluding carboxylic acids is 1. The molecule has 0 bridgehead atoms. The lowest BCUT2D eigenvalue weighted by Gasteiger charge is -2.26. The topological polar surface area (TPSA) is 88.6 Å². The summed E-state index contributed by atoms with van der Waals surface area (Å²) in [7, 11) is 0. The van der Waals surface area contributed by atoms with E-state index in [4.69, 9.17) is 14.5 Å². The lowest BCUT2D eigenvalue weighted by Crippen LogP contribution is -2.35. The molecule has 1 saturated heterocycles. The molecule has 1 fully saturated rings. The Morgan fingerprint density at radius 2 is 1.77 bits per heavy atom. The Hall–Kier alpha value is -4.27. The molecule has 2 aromatic carbocycles. The first-order valence-corrected chi connectivity index (χ1v) is 13.3. The molecule has 0 radical (unpaired) electrons. The third-order valence-electron chi connectivity index (χ3n) is 7.09. The van der Waals surface area contributed by atoms with Crippen LogP contribution >= 0.6 is 0 Å². The number of hydrogen-bond acceptors (Lipinski definition) is 7. The molecule has 0 unspecified atom stereocenters. The van der Waals surface area contributed by atoms with E-state index in [2.05, 4.69) is 20.5 Å². The van der Waals surface area contributed by atoms with Crippen molar-refractivity contribution in [1.29, 1.82) is 0 Å². The van der Waals surface area contributed by atoms with Crippen molar-refractivity contribution in [2.24, 2.45) is 0 Å². The number of nitrogens with one attached hydrogen (secondary N) is 2. The number of amides is 1. The summed E-state index contributed by atoms with van der Waals surface area (Å²) >= 11 is 0. The highest BCUT2D eigenvalue weighted by atomic mass is 16.5. The van der Waals surface area contributed by atoms with Crippen molar-refractivity contribution in [2.45, 2.75) is 19.5 Å². The Morgan fingerprint density at radius 3 is 2.59 bits per heavy atom. The van der Waals surface area contributed by atoms with E-state index in [-0.39, 0.29) is 5.91 Å². The molecule has 0 saturated carbocycles. The van der Waals surface area contributed by atoms with E-state index >= 15 is 0 Å². The lowest BCUT2D eigenvalue weighted by atomic mass is 10.0. The number of rotatable bonds is 8. The molecule has 0 aliphatic carbocycles. The molecule has 2 aliphatic heterocycles. The van der Waals surface area contributed by atoms with Crippen molar-refractivity contribution in [3.8, 4) is 16.9 Å². The first-order valence-electron chi connectivity index (χ1n) is 13.3.